The number of hydrogen-bond acceptors (Lipinski definition) is 4. The van der Waals surface area contributed by atoms with Gasteiger partial charge in [0.2, 0.25) is 0 Å². The Morgan fingerprint density at radius 3 is 2.32 bits per heavy atom. The van der Waals surface area contributed by atoms with Gasteiger partial charge in [-0.15, -0.1) is 0 Å². The Hall–Kier alpha value is -1.65. The lowest BCUT2D eigenvalue weighted by Gasteiger charge is -2.12. The smallest absolute Gasteiger partial charge is 0.320 e. The second-order valence-electron chi connectivity index (χ2n) is 6.77. The minimum atomic E-state index is -0.846. The SMILES string of the molecule is CCOC(=O)C(C/C=C/CC1CCCC1=[N+]1CCCC1)C(=O)OCC. The number of ether oxygens (including phenoxy) is 2. The minimum absolute atomic E-state index is 0.273. The van der Waals surface area contributed by atoms with E-state index >= 15 is 0 Å². The van der Waals surface area contributed by atoms with Gasteiger partial charge in [-0.05, 0) is 39.5 Å². The van der Waals surface area contributed by atoms with Crippen molar-refractivity contribution in [1.29, 1.82) is 0 Å². The number of hydrogen-bond donors (Lipinski definition) is 0. The Bertz CT molecular complexity index is 498. The van der Waals surface area contributed by atoms with Crippen molar-refractivity contribution < 1.29 is 23.6 Å². The zero-order valence-electron chi connectivity index (χ0n) is 15.7. The number of carbonyl (C=O) groups is 2. The Balaban J connectivity index is 1.89. The third kappa shape index (κ3) is 5.68. The van der Waals surface area contributed by atoms with E-state index in [2.05, 4.69) is 10.7 Å². The third-order valence-electron chi connectivity index (χ3n) is 5.07. The van der Waals surface area contributed by atoms with E-state index in [1.807, 2.05) is 6.08 Å². The zero-order valence-corrected chi connectivity index (χ0v) is 15.7. The molecule has 25 heavy (non-hydrogen) atoms. The zero-order chi connectivity index (χ0) is 18.1. The highest BCUT2D eigenvalue weighted by atomic mass is 16.6. The largest absolute Gasteiger partial charge is 0.465 e. The second kappa shape index (κ2) is 10.4. The highest BCUT2D eigenvalue weighted by Gasteiger charge is 2.31. The summed E-state index contributed by atoms with van der Waals surface area (Å²) in [5, 5.41) is 0. The van der Waals surface area contributed by atoms with E-state index < -0.39 is 17.9 Å². The fourth-order valence-corrected chi connectivity index (χ4v) is 3.84. The molecule has 1 heterocycles. The molecule has 1 saturated carbocycles. The summed E-state index contributed by atoms with van der Waals surface area (Å²) < 4.78 is 12.6. The van der Waals surface area contributed by atoms with Crippen LogP contribution in [0.4, 0.5) is 0 Å². The lowest BCUT2D eigenvalue weighted by Crippen LogP contribution is -2.27. The molecule has 0 bridgehead atoms. The summed E-state index contributed by atoms with van der Waals surface area (Å²) in [5.41, 5.74) is 1.62. The molecule has 2 fully saturated rings. The molecule has 140 valence electrons. The minimum Gasteiger partial charge on any atom is -0.465 e. The summed E-state index contributed by atoms with van der Waals surface area (Å²) in [6.07, 6.45) is 11.8. The van der Waals surface area contributed by atoms with Gasteiger partial charge in [0, 0.05) is 25.2 Å². The normalized spacial score (nSPS) is 20.7. The highest BCUT2D eigenvalue weighted by molar-refractivity contribution is 5.95. The van der Waals surface area contributed by atoms with Crippen LogP contribution in [0.25, 0.3) is 0 Å². The summed E-state index contributed by atoms with van der Waals surface area (Å²) in [7, 11) is 0. The molecule has 1 atom stereocenters. The van der Waals surface area contributed by atoms with Gasteiger partial charge in [-0.1, -0.05) is 12.2 Å². The molecule has 0 spiro atoms. The van der Waals surface area contributed by atoms with Crippen molar-refractivity contribution in [3.05, 3.63) is 12.2 Å². The van der Waals surface area contributed by atoms with Crippen LogP contribution in [0, 0.1) is 11.8 Å². The van der Waals surface area contributed by atoms with Crippen LogP contribution >= 0.6 is 0 Å². The van der Waals surface area contributed by atoms with E-state index in [0.717, 1.165) is 6.42 Å². The first-order chi connectivity index (χ1) is 12.2. The number of allylic oxidation sites excluding steroid dienone is 2. The fraction of sp³-hybridized carbons (Fsp3) is 0.750. The summed E-state index contributed by atoms with van der Waals surface area (Å²) in [4.78, 5) is 23.9. The summed E-state index contributed by atoms with van der Waals surface area (Å²) in [6, 6.07) is 0. The molecule has 0 aromatic carbocycles. The summed E-state index contributed by atoms with van der Waals surface area (Å²) >= 11 is 0. The number of rotatable bonds is 8. The van der Waals surface area contributed by atoms with Gasteiger partial charge in [0.05, 0.1) is 13.2 Å². The van der Waals surface area contributed by atoms with Gasteiger partial charge in [0.25, 0.3) is 0 Å². The molecule has 0 aromatic rings. The number of esters is 2. The van der Waals surface area contributed by atoms with Gasteiger partial charge in [0.1, 0.15) is 13.1 Å². The maximum absolute atomic E-state index is 12.0. The molecule has 0 N–H and O–H groups in total. The average Bonchev–Trinajstić information content (AvgIpc) is 3.26. The molecule has 1 unspecified atom stereocenters. The number of carbonyl (C=O) groups excluding carboxylic acids is 2. The van der Waals surface area contributed by atoms with Crippen LogP contribution in [0.3, 0.4) is 0 Å². The van der Waals surface area contributed by atoms with Crippen LogP contribution < -0.4 is 0 Å². The number of nitrogens with zero attached hydrogens (tertiary/aromatic N) is 1. The second-order valence-corrected chi connectivity index (χ2v) is 6.77. The fourth-order valence-electron chi connectivity index (χ4n) is 3.84. The predicted octanol–water partition coefficient (Wildman–Crippen LogP) is 3.11. The van der Waals surface area contributed by atoms with Crippen molar-refractivity contribution in [1.82, 2.24) is 0 Å². The first kappa shape index (κ1) is 19.7. The maximum Gasteiger partial charge on any atom is 0.320 e. The Morgan fingerprint density at radius 1 is 1.08 bits per heavy atom. The standard InChI is InChI=1S/C20H32NO4/c1-3-24-19(22)17(20(23)25-4-2)12-6-5-10-16-11-9-13-18(16)21-14-7-8-15-21/h5-6,16-17H,3-4,7-15H2,1-2H3/q+1/b6-5+. The van der Waals surface area contributed by atoms with E-state index in [1.54, 1.807) is 19.6 Å². The van der Waals surface area contributed by atoms with Crippen LogP contribution in [0.5, 0.6) is 0 Å². The van der Waals surface area contributed by atoms with Gasteiger partial charge in [-0.2, -0.15) is 0 Å². The topological polar surface area (TPSA) is 55.6 Å². The van der Waals surface area contributed by atoms with Gasteiger partial charge in [-0.25, -0.2) is 4.58 Å². The van der Waals surface area contributed by atoms with Crippen molar-refractivity contribution in [2.24, 2.45) is 11.8 Å². The van der Waals surface area contributed by atoms with Crippen LogP contribution in [0.2, 0.25) is 0 Å². The van der Waals surface area contributed by atoms with Gasteiger partial charge >= 0.3 is 11.9 Å². The molecule has 5 heteroatoms. The molecule has 5 nitrogen and oxygen atoms in total. The Kier molecular flexibility index (Phi) is 8.16. The average molecular weight is 350 g/mol. The third-order valence-corrected chi connectivity index (χ3v) is 5.07. The Labute approximate surface area is 151 Å². The predicted molar refractivity (Wildman–Crippen MR) is 96.7 cm³/mol. The maximum atomic E-state index is 12.0. The molecule has 1 aliphatic heterocycles. The van der Waals surface area contributed by atoms with Crippen LogP contribution in [-0.4, -0.2) is 48.5 Å². The van der Waals surface area contributed by atoms with E-state index in [4.69, 9.17) is 9.47 Å². The lowest BCUT2D eigenvalue weighted by molar-refractivity contribution is -0.509. The van der Waals surface area contributed by atoms with Gasteiger partial charge < -0.3 is 9.47 Å². The van der Waals surface area contributed by atoms with Crippen LogP contribution in [-0.2, 0) is 19.1 Å². The molecule has 2 rings (SSSR count). The molecular formula is C20H32NO4+. The molecule has 0 radical (unpaired) electrons. The van der Waals surface area contributed by atoms with Gasteiger partial charge in [0.15, 0.2) is 11.6 Å². The monoisotopic (exact) mass is 350 g/mol. The Morgan fingerprint density at radius 2 is 1.72 bits per heavy atom. The first-order valence-corrected chi connectivity index (χ1v) is 9.76. The molecule has 2 aliphatic rings. The first-order valence-electron chi connectivity index (χ1n) is 9.76. The van der Waals surface area contributed by atoms with Crippen LogP contribution in [0.15, 0.2) is 12.2 Å². The summed E-state index contributed by atoms with van der Waals surface area (Å²) in [6.45, 7) is 6.45. The highest BCUT2D eigenvalue weighted by Crippen LogP contribution is 2.27. The van der Waals surface area contributed by atoms with Gasteiger partial charge in [-0.3, -0.25) is 9.59 Å². The van der Waals surface area contributed by atoms with E-state index in [1.165, 1.54) is 45.2 Å². The van der Waals surface area contributed by atoms with Crippen molar-refractivity contribution in [2.75, 3.05) is 26.3 Å². The van der Waals surface area contributed by atoms with Crippen LogP contribution in [0.1, 0.15) is 58.8 Å². The lowest BCUT2D eigenvalue weighted by atomic mass is 10.00. The van der Waals surface area contributed by atoms with Crippen molar-refractivity contribution in [2.45, 2.75) is 58.8 Å². The molecule has 1 aliphatic carbocycles. The quantitative estimate of drug-likeness (QED) is 0.292. The van der Waals surface area contributed by atoms with E-state index in [-0.39, 0.29) is 13.2 Å². The molecule has 1 saturated heterocycles. The van der Waals surface area contributed by atoms with Crippen molar-refractivity contribution >= 4 is 17.7 Å². The van der Waals surface area contributed by atoms with E-state index in [0.29, 0.717) is 12.3 Å². The van der Waals surface area contributed by atoms with Crippen molar-refractivity contribution in [3.63, 3.8) is 0 Å². The molecular weight excluding hydrogens is 318 g/mol. The molecule has 0 aromatic heterocycles. The van der Waals surface area contributed by atoms with E-state index in [9.17, 15) is 9.59 Å². The molecule has 0 amide bonds. The van der Waals surface area contributed by atoms with Crippen molar-refractivity contribution in [3.8, 4) is 0 Å². The summed E-state index contributed by atoms with van der Waals surface area (Å²) in [5.74, 6) is -1.20.